The summed E-state index contributed by atoms with van der Waals surface area (Å²) in [6.07, 6.45) is 0. The molecule has 162 valence electrons. The molecule has 1 aromatic heterocycles. The Hall–Kier alpha value is -3.37. The van der Waals surface area contributed by atoms with Crippen LogP contribution >= 0.6 is 11.3 Å². The van der Waals surface area contributed by atoms with Crippen molar-refractivity contribution in [3.05, 3.63) is 71.1 Å². The zero-order chi connectivity index (χ0) is 22.4. The van der Waals surface area contributed by atoms with Gasteiger partial charge in [-0.05, 0) is 42.6 Å². The number of para-hydroxylation sites is 1. The molecule has 3 rings (SSSR count). The summed E-state index contributed by atoms with van der Waals surface area (Å²) in [5.74, 6) is 0.611. The molecule has 0 saturated carbocycles. The van der Waals surface area contributed by atoms with Gasteiger partial charge in [0.1, 0.15) is 15.7 Å². The maximum atomic E-state index is 12.7. The standard InChI is InChI=1S/C21H21N3O5S2/c1-14(16-11-10-15(28-2)13-19(16)29-3)22-23-21(25)17-7-4-5-8-18(17)24-31(26,27)20-9-6-12-30-20/h4-13,24H,1-3H3,(H,23,25)/b22-14+. The van der Waals surface area contributed by atoms with E-state index < -0.39 is 15.9 Å². The maximum Gasteiger partial charge on any atom is 0.273 e. The SMILES string of the molecule is COc1ccc(/C(C)=N/NC(=O)c2ccccc2NS(=O)(=O)c2cccs2)c(OC)c1. The van der Waals surface area contributed by atoms with Crippen LogP contribution in [0.25, 0.3) is 0 Å². The topological polar surface area (TPSA) is 106 Å². The van der Waals surface area contributed by atoms with Gasteiger partial charge in [0.05, 0.1) is 31.2 Å². The maximum absolute atomic E-state index is 12.7. The number of thiophene rings is 1. The Morgan fingerprint density at radius 3 is 2.45 bits per heavy atom. The summed E-state index contributed by atoms with van der Waals surface area (Å²) in [7, 11) is -0.708. The van der Waals surface area contributed by atoms with Gasteiger partial charge in [0.25, 0.3) is 15.9 Å². The number of nitrogens with zero attached hydrogens (tertiary/aromatic N) is 1. The van der Waals surface area contributed by atoms with Gasteiger partial charge in [-0.1, -0.05) is 18.2 Å². The van der Waals surface area contributed by atoms with Gasteiger partial charge in [0, 0.05) is 11.6 Å². The van der Waals surface area contributed by atoms with Crippen molar-refractivity contribution >= 4 is 38.7 Å². The predicted octanol–water partition coefficient (Wildman–Crippen LogP) is 3.72. The summed E-state index contributed by atoms with van der Waals surface area (Å²) in [6.45, 7) is 1.72. The monoisotopic (exact) mass is 459 g/mol. The van der Waals surface area contributed by atoms with Crippen molar-refractivity contribution in [2.24, 2.45) is 5.10 Å². The summed E-state index contributed by atoms with van der Waals surface area (Å²) >= 11 is 1.09. The summed E-state index contributed by atoms with van der Waals surface area (Å²) < 4.78 is 38.2. The van der Waals surface area contributed by atoms with Gasteiger partial charge in [-0.25, -0.2) is 13.8 Å². The first-order valence-corrected chi connectivity index (χ1v) is 11.4. The highest BCUT2D eigenvalue weighted by Crippen LogP contribution is 2.25. The minimum atomic E-state index is -3.79. The Kier molecular flexibility index (Phi) is 6.93. The number of methoxy groups -OCH3 is 2. The first-order chi connectivity index (χ1) is 14.9. The number of hydrazone groups is 1. The second-order valence-corrected chi connectivity index (χ2v) is 9.14. The number of carbonyl (C=O) groups is 1. The van der Waals surface area contributed by atoms with Crippen LogP contribution in [0.2, 0.25) is 0 Å². The van der Waals surface area contributed by atoms with Gasteiger partial charge in [0.15, 0.2) is 0 Å². The quantitative estimate of drug-likeness (QED) is 0.394. The largest absolute Gasteiger partial charge is 0.497 e. The van der Waals surface area contributed by atoms with Crippen LogP contribution in [0.4, 0.5) is 5.69 Å². The van der Waals surface area contributed by atoms with Gasteiger partial charge in [-0.2, -0.15) is 5.10 Å². The Morgan fingerprint density at radius 2 is 1.77 bits per heavy atom. The lowest BCUT2D eigenvalue weighted by molar-refractivity contribution is 0.0955. The lowest BCUT2D eigenvalue weighted by Crippen LogP contribution is -2.22. The number of anilines is 1. The van der Waals surface area contributed by atoms with Gasteiger partial charge in [-0.3, -0.25) is 9.52 Å². The predicted molar refractivity (Wildman–Crippen MR) is 121 cm³/mol. The fourth-order valence-corrected chi connectivity index (χ4v) is 4.81. The van der Waals surface area contributed by atoms with Gasteiger partial charge in [0.2, 0.25) is 0 Å². The van der Waals surface area contributed by atoms with E-state index in [1.807, 2.05) is 0 Å². The molecule has 0 unspecified atom stereocenters. The highest BCUT2D eigenvalue weighted by atomic mass is 32.2. The number of hydrogen-bond acceptors (Lipinski definition) is 7. The summed E-state index contributed by atoms with van der Waals surface area (Å²) in [5, 5.41) is 5.81. The molecule has 2 N–H and O–H groups in total. The molecular formula is C21H21N3O5S2. The third-order valence-corrected chi connectivity index (χ3v) is 7.06. The third kappa shape index (κ3) is 5.22. The molecule has 31 heavy (non-hydrogen) atoms. The second-order valence-electron chi connectivity index (χ2n) is 6.29. The Labute approximate surface area is 184 Å². The molecule has 0 aliphatic heterocycles. The Balaban J connectivity index is 1.82. The van der Waals surface area contributed by atoms with Crippen LogP contribution < -0.4 is 19.6 Å². The molecule has 2 aromatic carbocycles. The lowest BCUT2D eigenvalue weighted by Gasteiger charge is -2.12. The normalized spacial score (nSPS) is 11.6. The van der Waals surface area contributed by atoms with Gasteiger partial charge in [-0.15, -0.1) is 11.3 Å². The lowest BCUT2D eigenvalue weighted by atomic mass is 10.1. The average molecular weight is 460 g/mol. The van der Waals surface area contributed by atoms with E-state index in [2.05, 4.69) is 15.2 Å². The highest BCUT2D eigenvalue weighted by Gasteiger charge is 2.19. The van der Waals surface area contributed by atoms with Crippen molar-refractivity contribution in [3.63, 3.8) is 0 Å². The average Bonchev–Trinajstić information content (AvgIpc) is 3.33. The fourth-order valence-electron chi connectivity index (χ4n) is 2.73. The molecule has 8 nitrogen and oxygen atoms in total. The van der Waals surface area contributed by atoms with E-state index in [9.17, 15) is 13.2 Å². The number of rotatable bonds is 8. The van der Waals surface area contributed by atoms with Crippen molar-refractivity contribution in [1.82, 2.24) is 5.43 Å². The summed E-state index contributed by atoms with van der Waals surface area (Å²) in [4.78, 5) is 12.7. The zero-order valence-corrected chi connectivity index (χ0v) is 18.7. The molecule has 0 spiro atoms. The Bertz CT molecular complexity index is 1210. The number of carbonyl (C=O) groups excluding carboxylic acids is 1. The molecule has 10 heteroatoms. The smallest absolute Gasteiger partial charge is 0.273 e. The zero-order valence-electron chi connectivity index (χ0n) is 17.1. The number of benzene rings is 2. The molecule has 0 bridgehead atoms. The Morgan fingerprint density at radius 1 is 1.00 bits per heavy atom. The fraction of sp³-hybridized carbons (Fsp3) is 0.143. The number of nitrogens with one attached hydrogen (secondary N) is 2. The molecule has 0 radical (unpaired) electrons. The van der Waals surface area contributed by atoms with E-state index in [1.165, 1.54) is 25.3 Å². The summed E-state index contributed by atoms with van der Waals surface area (Å²) in [6, 6.07) is 14.7. The minimum Gasteiger partial charge on any atom is -0.497 e. The molecule has 3 aromatic rings. The molecule has 0 fully saturated rings. The van der Waals surface area contributed by atoms with E-state index in [0.717, 1.165) is 11.3 Å². The van der Waals surface area contributed by atoms with Crippen molar-refractivity contribution in [1.29, 1.82) is 0 Å². The van der Waals surface area contributed by atoms with Crippen LogP contribution in [0.1, 0.15) is 22.8 Å². The number of amides is 1. The van der Waals surface area contributed by atoms with E-state index in [0.29, 0.717) is 22.8 Å². The van der Waals surface area contributed by atoms with Crippen molar-refractivity contribution in [3.8, 4) is 11.5 Å². The van der Waals surface area contributed by atoms with Crippen LogP contribution in [0.3, 0.4) is 0 Å². The van der Waals surface area contributed by atoms with E-state index in [-0.39, 0.29) is 15.5 Å². The van der Waals surface area contributed by atoms with Crippen LogP contribution in [0.15, 0.2) is 69.3 Å². The molecule has 0 aliphatic carbocycles. The van der Waals surface area contributed by atoms with Gasteiger partial charge >= 0.3 is 0 Å². The molecule has 1 heterocycles. The van der Waals surface area contributed by atoms with E-state index in [1.54, 1.807) is 55.8 Å². The van der Waals surface area contributed by atoms with Crippen molar-refractivity contribution < 1.29 is 22.7 Å². The minimum absolute atomic E-state index is 0.140. The third-order valence-electron chi connectivity index (χ3n) is 4.30. The first kappa shape index (κ1) is 22.3. The second kappa shape index (κ2) is 9.63. The van der Waals surface area contributed by atoms with Crippen LogP contribution in [0, 0.1) is 0 Å². The van der Waals surface area contributed by atoms with E-state index in [4.69, 9.17) is 9.47 Å². The number of hydrogen-bond donors (Lipinski definition) is 2. The van der Waals surface area contributed by atoms with Crippen molar-refractivity contribution in [2.75, 3.05) is 18.9 Å². The molecule has 1 amide bonds. The summed E-state index contributed by atoms with van der Waals surface area (Å²) in [5.41, 5.74) is 3.94. The van der Waals surface area contributed by atoms with E-state index >= 15 is 0 Å². The molecule has 0 aliphatic rings. The van der Waals surface area contributed by atoms with Crippen LogP contribution in [0.5, 0.6) is 11.5 Å². The first-order valence-electron chi connectivity index (χ1n) is 9.08. The molecule has 0 atom stereocenters. The molecular weight excluding hydrogens is 438 g/mol. The van der Waals surface area contributed by atoms with Crippen LogP contribution in [-0.4, -0.2) is 34.3 Å². The van der Waals surface area contributed by atoms with Gasteiger partial charge < -0.3 is 9.47 Å². The van der Waals surface area contributed by atoms with Crippen LogP contribution in [-0.2, 0) is 10.0 Å². The number of sulfonamides is 1. The van der Waals surface area contributed by atoms with Crippen molar-refractivity contribution in [2.45, 2.75) is 11.1 Å². The highest BCUT2D eigenvalue weighted by molar-refractivity contribution is 7.94. The molecule has 0 saturated heterocycles. The number of ether oxygens (including phenoxy) is 2.